The molecule has 0 unspecified atom stereocenters. The number of morpholine rings is 1. The summed E-state index contributed by atoms with van der Waals surface area (Å²) in [6.07, 6.45) is 0.181. The maximum atomic E-state index is 13.5. The highest BCUT2D eigenvalue weighted by Gasteiger charge is 2.32. The molecule has 0 aliphatic carbocycles. The summed E-state index contributed by atoms with van der Waals surface area (Å²) >= 11 is 6.26. The van der Waals surface area contributed by atoms with Gasteiger partial charge in [0.25, 0.3) is 5.91 Å². The molecule has 12 heteroatoms. The van der Waals surface area contributed by atoms with Crippen LogP contribution in [-0.4, -0.2) is 74.1 Å². The standard InChI is InChI=1S/C20H24I3N3O6/c1-11(27)24(2)18-15(21)14(20(31)26-7-9-32-10-8-26)16(22)19(17(18)23)25(3)12(28)5-4-6-13(29)30/h4-10H2,1-3H3,(H,29,30). The monoisotopic (exact) mass is 783 g/mol. The van der Waals surface area contributed by atoms with Crippen molar-refractivity contribution < 1.29 is 29.0 Å². The van der Waals surface area contributed by atoms with E-state index >= 15 is 0 Å². The third-order valence-corrected chi connectivity index (χ3v) is 8.20. The Morgan fingerprint density at radius 2 is 1.47 bits per heavy atom. The van der Waals surface area contributed by atoms with Crippen molar-refractivity contribution in [3.05, 3.63) is 16.3 Å². The number of rotatable bonds is 7. The van der Waals surface area contributed by atoms with Gasteiger partial charge in [-0.05, 0) is 74.2 Å². The summed E-state index contributed by atoms with van der Waals surface area (Å²) in [6, 6.07) is 0. The molecule has 0 atom stereocenters. The number of benzene rings is 1. The molecule has 1 aromatic carbocycles. The average molecular weight is 783 g/mol. The van der Waals surface area contributed by atoms with Crippen LogP contribution in [-0.2, 0) is 19.1 Å². The van der Waals surface area contributed by atoms with Gasteiger partial charge in [0.2, 0.25) is 11.8 Å². The fourth-order valence-electron chi connectivity index (χ4n) is 3.18. The van der Waals surface area contributed by atoms with Gasteiger partial charge in [-0.1, -0.05) is 0 Å². The number of carboxylic acid groups (broad SMARTS) is 1. The number of carbonyl (C=O) groups excluding carboxylic acids is 3. The molecule has 3 amide bonds. The van der Waals surface area contributed by atoms with Crippen molar-refractivity contribution in [2.24, 2.45) is 0 Å². The van der Waals surface area contributed by atoms with Crippen LogP contribution in [0.25, 0.3) is 0 Å². The highest BCUT2D eigenvalue weighted by Crippen LogP contribution is 2.42. The molecule has 1 aromatic rings. The first-order valence-electron chi connectivity index (χ1n) is 9.79. The number of hydrogen-bond donors (Lipinski definition) is 1. The van der Waals surface area contributed by atoms with Crippen molar-refractivity contribution in [3.8, 4) is 0 Å². The summed E-state index contributed by atoms with van der Waals surface area (Å²) in [7, 11) is 3.24. The Balaban J connectivity index is 2.60. The first kappa shape index (κ1) is 27.5. The predicted molar refractivity (Wildman–Crippen MR) is 145 cm³/mol. The van der Waals surface area contributed by atoms with Gasteiger partial charge in [0, 0.05) is 47.0 Å². The Hall–Kier alpha value is -0.750. The van der Waals surface area contributed by atoms with Gasteiger partial charge in [0.05, 0.1) is 40.9 Å². The Morgan fingerprint density at radius 1 is 0.938 bits per heavy atom. The third-order valence-electron chi connectivity index (χ3n) is 5.08. The second kappa shape index (κ2) is 12.1. The molecule has 1 fully saturated rings. The van der Waals surface area contributed by atoms with Crippen LogP contribution in [0.15, 0.2) is 0 Å². The second-order valence-corrected chi connectivity index (χ2v) is 10.4. The third kappa shape index (κ3) is 6.22. The fourth-order valence-corrected chi connectivity index (χ4v) is 8.25. The van der Waals surface area contributed by atoms with Crippen molar-refractivity contribution in [1.29, 1.82) is 0 Å². The summed E-state index contributed by atoms with van der Waals surface area (Å²) in [6.45, 7) is 3.28. The zero-order chi connectivity index (χ0) is 24.2. The van der Waals surface area contributed by atoms with Gasteiger partial charge in [0.15, 0.2) is 0 Å². The van der Waals surface area contributed by atoms with E-state index in [9.17, 15) is 19.2 Å². The van der Waals surface area contributed by atoms with Gasteiger partial charge < -0.3 is 24.5 Å². The number of nitrogens with zero attached hydrogens (tertiary/aromatic N) is 3. The van der Waals surface area contributed by atoms with Gasteiger partial charge in [-0.3, -0.25) is 19.2 Å². The molecule has 176 valence electrons. The quantitative estimate of drug-likeness (QED) is 0.427. The minimum Gasteiger partial charge on any atom is -0.481 e. The number of hydrogen-bond acceptors (Lipinski definition) is 5. The lowest BCUT2D eigenvalue weighted by Crippen LogP contribution is -2.42. The van der Waals surface area contributed by atoms with Crippen LogP contribution in [0.3, 0.4) is 0 Å². The molecule has 2 rings (SSSR count). The number of aliphatic carboxylic acids is 1. The molecule has 1 saturated heterocycles. The molecule has 0 aromatic heterocycles. The van der Waals surface area contributed by atoms with Crippen LogP contribution in [0, 0.1) is 10.7 Å². The molecule has 32 heavy (non-hydrogen) atoms. The summed E-state index contributed by atoms with van der Waals surface area (Å²) in [5.74, 6) is -1.59. The van der Waals surface area contributed by atoms with E-state index in [1.807, 2.05) is 0 Å². The van der Waals surface area contributed by atoms with Crippen LogP contribution < -0.4 is 9.80 Å². The molecule has 9 nitrogen and oxygen atoms in total. The predicted octanol–water partition coefficient (Wildman–Crippen LogP) is 3.17. The van der Waals surface area contributed by atoms with Gasteiger partial charge in [-0.2, -0.15) is 0 Å². The summed E-state index contributed by atoms with van der Waals surface area (Å²) < 4.78 is 7.28. The lowest BCUT2D eigenvalue weighted by atomic mass is 10.1. The first-order valence-corrected chi connectivity index (χ1v) is 13.0. The van der Waals surface area contributed by atoms with E-state index in [-0.39, 0.29) is 37.0 Å². The molecule has 0 saturated carbocycles. The number of halogens is 3. The molecule has 0 radical (unpaired) electrons. The fraction of sp³-hybridized carbons (Fsp3) is 0.500. The van der Waals surface area contributed by atoms with E-state index in [0.29, 0.717) is 54.0 Å². The summed E-state index contributed by atoms with van der Waals surface area (Å²) in [5.41, 5.74) is 1.54. The lowest BCUT2D eigenvalue weighted by Gasteiger charge is -2.31. The average Bonchev–Trinajstić information content (AvgIpc) is 2.73. The summed E-state index contributed by atoms with van der Waals surface area (Å²) in [5, 5.41) is 8.85. The SMILES string of the molecule is CC(=O)N(C)c1c(I)c(C(=O)N2CCOCC2)c(I)c(N(C)C(=O)CCCC(=O)O)c1I. The van der Waals surface area contributed by atoms with Gasteiger partial charge in [-0.25, -0.2) is 0 Å². The van der Waals surface area contributed by atoms with Crippen molar-refractivity contribution in [2.45, 2.75) is 26.2 Å². The molecule has 1 N–H and O–H groups in total. The first-order chi connectivity index (χ1) is 15.0. The van der Waals surface area contributed by atoms with Gasteiger partial charge in [0.1, 0.15) is 0 Å². The number of carbonyl (C=O) groups is 4. The van der Waals surface area contributed by atoms with Crippen molar-refractivity contribution in [3.63, 3.8) is 0 Å². The molecule has 0 spiro atoms. The number of ether oxygens (including phenoxy) is 1. The Bertz CT molecular complexity index is 934. The maximum Gasteiger partial charge on any atom is 0.303 e. The van der Waals surface area contributed by atoms with Gasteiger partial charge >= 0.3 is 5.97 Å². The minimum absolute atomic E-state index is 0.0611. The van der Waals surface area contributed by atoms with E-state index in [4.69, 9.17) is 9.84 Å². The molecule has 1 aliphatic heterocycles. The largest absolute Gasteiger partial charge is 0.481 e. The van der Waals surface area contributed by atoms with Crippen LogP contribution >= 0.6 is 67.8 Å². The van der Waals surface area contributed by atoms with Crippen LogP contribution in [0.4, 0.5) is 11.4 Å². The van der Waals surface area contributed by atoms with Crippen LogP contribution in [0.1, 0.15) is 36.5 Å². The van der Waals surface area contributed by atoms with E-state index < -0.39 is 5.97 Å². The Labute approximate surface area is 227 Å². The topological polar surface area (TPSA) is 107 Å². The van der Waals surface area contributed by atoms with Crippen molar-refractivity contribution in [2.75, 3.05) is 50.2 Å². The van der Waals surface area contributed by atoms with Crippen molar-refractivity contribution in [1.82, 2.24) is 4.90 Å². The molecule has 1 heterocycles. The summed E-state index contributed by atoms with van der Waals surface area (Å²) in [4.78, 5) is 54.0. The van der Waals surface area contributed by atoms with Crippen LogP contribution in [0.2, 0.25) is 0 Å². The number of carboxylic acids is 1. The van der Waals surface area contributed by atoms with Crippen LogP contribution in [0.5, 0.6) is 0 Å². The molecule has 1 aliphatic rings. The zero-order valence-electron chi connectivity index (χ0n) is 17.9. The molecular formula is C20H24I3N3O6. The van der Waals surface area contributed by atoms with Gasteiger partial charge in [-0.15, -0.1) is 0 Å². The highest BCUT2D eigenvalue weighted by atomic mass is 127. The second-order valence-electron chi connectivity index (χ2n) is 7.20. The minimum atomic E-state index is -0.956. The Kier molecular flexibility index (Phi) is 10.4. The van der Waals surface area contributed by atoms with E-state index in [1.54, 1.807) is 19.0 Å². The Morgan fingerprint density at radius 3 is 1.97 bits per heavy atom. The van der Waals surface area contributed by atoms with Crippen molar-refractivity contribution >= 4 is 103 Å². The normalized spacial score (nSPS) is 13.6. The van der Waals surface area contributed by atoms with E-state index in [1.165, 1.54) is 16.7 Å². The maximum absolute atomic E-state index is 13.5. The van der Waals surface area contributed by atoms with E-state index in [0.717, 1.165) is 0 Å². The number of anilines is 2. The molecular weight excluding hydrogens is 759 g/mol. The molecule has 0 bridgehead atoms. The van der Waals surface area contributed by atoms with E-state index in [2.05, 4.69) is 67.8 Å². The lowest BCUT2D eigenvalue weighted by molar-refractivity contribution is -0.137. The highest BCUT2D eigenvalue weighted by molar-refractivity contribution is 14.1. The smallest absolute Gasteiger partial charge is 0.303 e. The zero-order valence-corrected chi connectivity index (χ0v) is 24.4. The number of amides is 3.